The van der Waals surface area contributed by atoms with Crippen LogP contribution in [0.5, 0.6) is 11.5 Å². The van der Waals surface area contributed by atoms with Gasteiger partial charge in [-0.1, -0.05) is 13.0 Å². The van der Waals surface area contributed by atoms with Crippen molar-refractivity contribution in [2.45, 2.75) is 58.5 Å². The second kappa shape index (κ2) is 12.8. The zero-order valence-electron chi connectivity index (χ0n) is 20.6. The lowest BCUT2D eigenvalue weighted by Crippen LogP contribution is -2.27. The number of carbonyl (C=O) groups is 4. The molecule has 0 saturated heterocycles. The van der Waals surface area contributed by atoms with Crippen LogP contribution in [0.15, 0.2) is 36.5 Å². The smallest absolute Gasteiger partial charge is 0.342 e. The second-order valence-electron chi connectivity index (χ2n) is 8.98. The molecule has 1 aliphatic heterocycles. The number of pyridine rings is 1. The number of Topliss-reactive ketones (excluding diaryl/α,β-unsaturated/α-hetero) is 3. The average molecular weight is 497 g/mol. The Balaban J connectivity index is 1.72. The summed E-state index contributed by atoms with van der Waals surface area (Å²) >= 11 is 0. The Morgan fingerprint density at radius 3 is 2.61 bits per heavy atom. The molecule has 3 rings (SSSR count). The number of aryl methyl sites for hydroxylation is 1. The van der Waals surface area contributed by atoms with Gasteiger partial charge in [0.2, 0.25) is 11.6 Å². The molecule has 0 fully saturated rings. The molecule has 0 bridgehead atoms. The van der Waals surface area contributed by atoms with Crippen LogP contribution >= 0.6 is 0 Å². The number of aromatic nitrogens is 1. The molecule has 1 aromatic carbocycles. The third-order valence-corrected chi connectivity index (χ3v) is 6.22. The van der Waals surface area contributed by atoms with E-state index < -0.39 is 29.4 Å². The van der Waals surface area contributed by atoms with Crippen molar-refractivity contribution in [3.63, 3.8) is 0 Å². The highest BCUT2D eigenvalue weighted by Gasteiger charge is 2.27. The molecule has 9 nitrogen and oxygen atoms in total. The fourth-order valence-electron chi connectivity index (χ4n) is 3.88. The minimum absolute atomic E-state index is 0.0186. The Kier molecular flexibility index (Phi) is 9.55. The minimum atomic E-state index is -0.983. The number of nitrogens with zero attached hydrogens (tertiary/aromatic N) is 1. The fraction of sp³-hybridized carbons (Fsp3) is 0.444. The summed E-state index contributed by atoms with van der Waals surface area (Å²) in [6.45, 7) is 4.47. The van der Waals surface area contributed by atoms with Gasteiger partial charge in [0, 0.05) is 31.6 Å². The van der Waals surface area contributed by atoms with Crippen LogP contribution in [0.2, 0.25) is 0 Å². The molecule has 2 aromatic rings. The molecule has 0 aliphatic carbocycles. The number of hydrogen-bond acceptors (Lipinski definition) is 9. The number of anilines is 1. The van der Waals surface area contributed by atoms with Crippen LogP contribution in [0, 0.1) is 5.92 Å². The maximum Gasteiger partial charge on any atom is 0.342 e. The molecule has 1 aromatic heterocycles. The summed E-state index contributed by atoms with van der Waals surface area (Å²) in [5, 5.41) is 13.9. The monoisotopic (exact) mass is 496 g/mol. The highest BCUT2D eigenvalue weighted by Crippen LogP contribution is 2.31. The van der Waals surface area contributed by atoms with Crippen molar-refractivity contribution in [2.75, 3.05) is 18.5 Å². The van der Waals surface area contributed by atoms with Crippen molar-refractivity contribution in [1.82, 2.24) is 4.98 Å². The number of esters is 1. The second-order valence-corrected chi connectivity index (χ2v) is 8.98. The number of cyclic esters (lactones) is 1. The SMILES string of the molecule is CC1OC(=O)c2c(O)cc(OCCCNc3ccccn3)cc2CCCC(=O)C(=O)C(=O)CC[C@H]1C. The van der Waals surface area contributed by atoms with Crippen molar-refractivity contribution >= 4 is 29.1 Å². The summed E-state index contributed by atoms with van der Waals surface area (Å²) < 4.78 is 11.4. The van der Waals surface area contributed by atoms with Crippen molar-refractivity contribution in [1.29, 1.82) is 0 Å². The zero-order valence-corrected chi connectivity index (χ0v) is 20.6. The number of nitrogens with one attached hydrogen (secondary N) is 1. The number of ether oxygens (including phenoxy) is 2. The van der Waals surface area contributed by atoms with Crippen LogP contribution in [0.1, 0.15) is 61.9 Å². The third-order valence-electron chi connectivity index (χ3n) is 6.22. The number of carbonyl (C=O) groups excluding carboxylic acids is 4. The van der Waals surface area contributed by atoms with E-state index in [1.807, 2.05) is 18.2 Å². The molecule has 1 aliphatic rings. The summed E-state index contributed by atoms with van der Waals surface area (Å²) in [6, 6.07) is 8.59. The van der Waals surface area contributed by atoms with E-state index in [1.165, 1.54) is 6.07 Å². The summed E-state index contributed by atoms with van der Waals surface area (Å²) in [6.07, 6.45) is 2.33. The van der Waals surface area contributed by atoms with Gasteiger partial charge < -0.3 is 19.9 Å². The zero-order chi connectivity index (χ0) is 26.1. The van der Waals surface area contributed by atoms with Gasteiger partial charge in [0.05, 0.1) is 6.61 Å². The van der Waals surface area contributed by atoms with Crippen molar-refractivity contribution in [3.05, 3.63) is 47.7 Å². The van der Waals surface area contributed by atoms with Gasteiger partial charge in [0.15, 0.2) is 0 Å². The number of phenolic OH excluding ortho intramolecular Hbond substituents is 1. The number of aromatic hydroxyl groups is 1. The molecule has 0 spiro atoms. The largest absolute Gasteiger partial charge is 0.507 e. The topological polar surface area (TPSA) is 132 Å². The Hall–Kier alpha value is -3.75. The van der Waals surface area contributed by atoms with Crippen LogP contribution in [-0.2, 0) is 25.5 Å². The number of ketones is 3. The van der Waals surface area contributed by atoms with E-state index in [1.54, 1.807) is 26.1 Å². The van der Waals surface area contributed by atoms with Crippen LogP contribution in [0.4, 0.5) is 5.82 Å². The summed E-state index contributed by atoms with van der Waals surface area (Å²) in [5.41, 5.74) is 0.468. The molecule has 2 N–H and O–H groups in total. The Labute approximate surface area is 210 Å². The highest BCUT2D eigenvalue weighted by molar-refractivity contribution is 6.63. The molecule has 36 heavy (non-hydrogen) atoms. The molecule has 0 saturated carbocycles. The summed E-state index contributed by atoms with van der Waals surface area (Å²) in [7, 11) is 0. The molecule has 9 heteroatoms. The lowest BCUT2D eigenvalue weighted by molar-refractivity contribution is -0.144. The Bertz CT molecular complexity index is 1100. The third kappa shape index (κ3) is 7.37. The van der Waals surface area contributed by atoms with Crippen LogP contribution < -0.4 is 10.1 Å². The van der Waals surface area contributed by atoms with E-state index in [2.05, 4.69) is 10.3 Å². The summed E-state index contributed by atoms with van der Waals surface area (Å²) in [4.78, 5) is 53.6. The number of phenols is 1. The molecular formula is C27H32N2O7. The van der Waals surface area contributed by atoms with Gasteiger partial charge in [0.1, 0.15) is 29.0 Å². The van der Waals surface area contributed by atoms with Crippen molar-refractivity contribution in [3.8, 4) is 11.5 Å². The first-order valence-corrected chi connectivity index (χ1v) is 12.2. The highest BCUT2D eigenvalue weighted by atomic mass is 16.5. The van der Waals surface area contributed by atoms with Gasteiger partial charge in [-0.05, 0) is 62.3 Å². The standard InChI is InChI=1S/C27H32N2O7/c1-17-10-11-22(31)26(33)21(30)8-5-7-19-15-20(16-23(32)25(19)27(34)36-18(17)2)35-14-6-13-29-24-9-3-4-12-28-24/h3-4,9,12,15-18,32H,5-8,10-11,13-14H2,1-2H3,(H,28,29)/t17-,18?/m1/s1. The summed E-state index contributed by atoms with van der Waals surface area (Å²) in [5.74, 6) is -2.48. The maximum atomic E-state index is 13.0. The molecule has 0 radical (unpaired) electrons. The molecular weight excluding hydrogens is 464 g/mol. The van der Waals surface area contributed by atoms with Gasteiger partial charge in [-0.3, -0.25) is 14.4 Å². The van der Waals surface area contributed by atoms with E-state index in [4.69, 9.17) is 9.47 Å². The fourth-order valence-corrected chi connectivity index (χ4v) is 3.88. The van der Waals surface area contributed by atoms with Gasteiger partial charge >= 0.3 is 5.97 Å². The van der Waals surface area contributed by atoms with Gasteiger partial charge in [0.25, 0.3) is 5.78 Å². The first kappa shape index (κ1) is 26.8. The first-order chi connectivity index (χ1) is 17.3. The molecule has 2 heterocycles. The number of hydrogen-bond donors (Lipinski definition) is 2. The van der Waals surface area contributed by atoms with Crippen molar-refractivity contribution < 1.29 is 33.8 Å². The maximum absolute atomic E-state index is 13.0. The molecule has 1 unspecified atom stereocenters. The molecule has 192 valence electrons. The number of benzene rings is 1. The Morgan fingerprint density at radius 2 is 1.86 bits per heavy atom. The quantitative estimate of drug-likeness (QED) is 0.349. The van der Waals surface area contributed by atoms with Gasteiger partial charge in [-0.15, -0.1) is 0 Å². The number of fused-ring (bicyclic) bond motifs is 1. The van der Waals surface area contributed by atoms with E-state index in [-0.39, 0.29) is 42.9 Å². The van der Waals surface area contributed by atoms with E-state index >= 15 is 0 Å². The van der Waals surface area contributed by atoms with E-state index in [9.17, 15) is 24.3 Å². The van der Waals surface area contributed by atoms with Crippen LogP contribution in [0.3, 0.4) is 0 Å². The normalized spacial score (nSPS) is 19.7. The van der Waals surface area contributed by atoms with Crippen molar-refractivity contribution in [2.24, 2.45) is 5.92 Å². The number of rotatable bonds is 6. The predicted octanol–water partition coefficient (Wildman–Crippen LogP) is 3.67. The lowest BCUT2D eigenvalue weighted by atomic mass is 9.94. The van der Waals surface area contributed by atoms with Crippen LogP contribution in [-0.4, -0.2) is 52.7 Å². The van der Waals surface area contributed by atoms with E-state index in [0.29, 0.717) is 37.3 Å². The lowest BCUT2D eigenvalue weighted by Gasteiger charge is -2.22. The minimum Gasteiger partial charge on any atom is -0.507 e. The first-order valence-electron chi connectivity index (χ1n) is 12.2. The predicted molar refractivity (Wildman–Crippen MR) is 132 cm³/mol. The Morgan fingerprint density at radius 1 is 1.08 bits per heavy atom. The van der Waals surface area contributed by atoms with Crippen LogP contribution in [0.25, 0.3) is 0 Å². The average Bonchev–Trinajstić information content (AvgIpc) is 2.86. The van der Waals surface area contributed by atoms with Gasteiger partial charge in [-0.2, -0.15) is 0 Å². The van der Waals surface area contributed by atoms with Gasteiger partial charge in [-0.25, -0.2) is 9.78 Å². The molecule has 0 amide bonds. The molecule has 2 atom stereocenters. The van der Waals surface area contributed by atoms with E-state index in [0.717, 1.165) is 5.82 Å².